The molecule has 1 aromatic rings. The van der Waals surface area contributed by atoms with Crippen LogP contribution in [0.1, 0.15) is 13.8 Å². The van der Waals surface area contributed by atoms with Crippen LogP contribution in [0, 0.1) is 30.3 Å². The van der Waals surface area contributed by atoms with Crippen molar-refractivity contribution in [1.29, 1.82) is 0 Å². The number of rotatable bonds is 8. The van der Waals surface area contributed by atoms with Crippen molar-refractivity contribution in [2.75, 3.05) is 13.2 Å². The lowest BCUT2D eigenvalue weighted by atomic mass is 10.2. The van der Waals surface area contributed by atoms with Crippen molar-refractivity contribution in [2.45, 2.75) is 13.8 Å². The van der Waals surface area contributed by atoms with Crippen LogP contribution in [-0.2, 0) is 13.6 Å². The van der Waals surface area contributed by atoms with Gasteiger partial charge in [-0.3, -0.25) is 34.9 Å². The van der Waals surface area contributed by atoms with E-state index in [9.17, 15) is 34.9 Å². The van der Waals surface area contributed by atoms with Crippen LogP contribution in [0.4, 0.5) is 17.1 Å². The quantitative estimate of drug-likeness (QED) is 0.388. The van der Waals surface area contributed by atoms with E-state index in [0.29, 0.717) is 12.1 Å². The molecule has 0 saturated heterocycles. The van der Waals surface area contributed by atoms with Crippen molar-refractivity contribution in [1.82, 2.24) is 0 Å². The maximum absolute atomic E-state index is 12.7. The van der Waals surface area contributed by atoms with Gasteiger partial charge >= 0.3 is 7.60 Å². The molecule has 0 radical (unpaired) electrons. The van der Waals surface area contributed by atoms with Gasteiger partial charge in [0, 0.05) is 0 Å². The first-order valence-electron chi connectivity index (χ1n) is 6.18. The summed E-state index contributed by atoms with van der Waals surface area (Å²) in [5, 5.41) is 32.2. The molecular weight excluding hydrogens is 337 g/mol. The Hall–Kier alpha value is -2.43. The molecule has 0 aliphatic carbocycles. The van der Waals surface area contributed by atoms with Gasteiger partial charge in [0.2, 0.25) is 5.30 Å². The molecule has 0 bridgehead atoms. The van der Waals surface area contributed by atoms with Crippen molar-refractivity contribution in [3.8, 4) is 0 Å². The molecule has 0 saturated carbocycles. The molecule has 1 rings (SSSR count). The molecule has 1 aromatic carbocycles. The summed E-state index contributed by atoms with van der Waals surface area (Å²) in [6, 6.07) is 0.958. The third kappa shape index (κ3) is 3.86. The van der Waals surface area contributed by atoms with Gasteiger partial charge in [-0.2, -0.15) is 0 Å². The maximum Gasteiger partial charge on any atom is 0.375 e. The topological polar surface area (TPSA) is 165 Å². The summed E-state index contributed by atoms with van der Waals surface area (Å²) in [4.78, 5) is 29.8. The fourth-order valence-electron chi connectivity index (χ4n) is 1.76. The van der Waals surface area contributed by atoms with E-state index in [1.54, 1.807) is 0 Å². The van der Waals surface area contributed by atoms with Gasteiger partial charge in [0.05, 0.1) is 40.1 Å². The van der Waals surface area contributed by atoms with Crippen LogP contribution in [0.2, 0.25) is 0 Å². The number of nitrogens with zero attached hydrogens (tertiary/aromatic N) is 3. The van der Waals surface area contributed by atoms with Gasteiger partial charge in [-0.05, 0) is 13.8 Å². The Morgan fingerprint density at radius 2 is 1.30 bits per heavy atom. The van der Waals surface area contributed by atoms with E-state index in [2.05, 4.69) is 0 Å². The van der Waals surface area contributed by atoms with Crippen molar-refractivity contribution < 1.29 is 28.4 Å². The first-order valence-corrected chi connectivity index (χ1v) is 7.73. The molecule has 0 spiro atoms. The van der Waals surface area contributed by atoms with Crippen molar-refractivity contribution in [2.24, 2.45) is 0 Å². The van der Waals surface area contributed by atoms with Crippen molar-refractivity contribution in [3.63, 3.8) is 0 Å². The van der Waals surface area contributed by atoms with Crippen LogP contribution in [0.5, 0.6) is 0 Å². The zero-order chi connectivity index (χ0) is 17.8. The van der Waals surface area contributed by atoms with Crippen LogP contribution in [0.15, 0.2) is 12.1 Å². The van der Waals surface area contributed by atoms with E-state index in [-0.39, 0.29) is 13.2 Å². The normalized spacial score (nSPS) is 11.2. The van der Waals surface area contributed by atoms with Gasteiger partial charge in [-0.25, -0.2) is 0 Å². The Morgan fingerprint density at radius 1 is 0.913 bits per heavy atom. The fraction of sp³-hybridized carbons (Fsp3) is 0.400. The molecule has 0 heterocycles. The molecule has 0 aliphatic heterocycles. The summed E-state index contributed by atoms with van der Waals surface area (Å²) in [6.07, 6.45) is 0. The molecule has 126 valence electrons. The lowest BCUT2D eigenvalue weighted by Crippen LogP contribution is -2.19. The van der Waals surface area contributed by atoms with Gasteiger partial charge in [0.15, 0.2) is 0 Å². The van der Waals surface area contributed by atoms with Gasteiger partial charge in [0.1, 0.15) is 0 Å². The summed E-state index contributed by atoms with van der Waals surface area (Å²) < 4.78 is 22.5. The average Bonchev–Trinajstić information content (AvgIpc) is 2.46. The first-order chi connectivity index (χ1) is 10.7. The highest BCUT2D eigenvalue weighted by Gasteiger charge is 2.44. The number of nitro benzene ring substituents is 3. The second-order valence-electron chi connectivity index (χ2n) is 3.94. The molecule has 12 nitrogen and oxygen atoms in total. The molecule has 0 fully saturated rings. The first kappa shape index (κ1) is 18.6. The lowest BCUT2D eigenvalue weighted by molar-refractivity contribution is -0.401. The minimum absolute atomic E-state index is 0.206. The van der Waals surface area contributed by atoms with E-state index < -0.39 is 44.7 Å². The van der Waals surface area contributed by atoms with Crippen LogP contribution >= 0.6 is 7.60 Å². The zero-order valence-corrected chi connectivity index (χ0v) is 12.9. The van der Waals surface area contributed by atoms with E-state index in [1.165, 1.54) is 13.8 Å². The standard InChI is InChI=1S/C10H12N3O9P/c1-3-21-23(20,22-4-2)10-8(12(16)17)5-7(11(14)15)6-9(10)13(18)19/h5-6H,3-4H2,1-2H3. The number of nitro groups is 3. The molecule has 13 heteroatoms. The Labute approximate surface area is 129 Å². The highest BCUT2D eigenvalue weighted by molar-refractivity contribution is 7.62. The fourth-order valence-corrected chi connectivity index (χ4v) is 3.63. The van der Waals surface area contributed by atoms with E-state index in [1.807, 2.05) is 0 Å². The number of benzene rings is 1. The molecule has 0 atom stereocenters. The summed E-state index contributed by atoms with van der Waals surface area (Å²) in [5.41, 5.74) is -3.03. The predicted molar refractivity (Wildman–Crippen MR) is 76.9 cm³/mol. The van der Waals surface area contributed by atoms with Crippen molar-refractivity contribution >= 4 is 30.0 Å². The minimum Gasteiger partial charge on any atom is -0.305 e. The van der Waals surface area contributed by atoms with Crippen molar-refractivity contribution in [3.05, 3.63) is 42.5 Å². The highest BCUT2D eigenvalue weighted by atomic mass is 31.2. The summed E-state index contributed by atoms with van der Waals surface area (Å²) in [5.74, 6) is 0. The van der Waals surface area contributed by atoms with Crippen LogP contribution in [-0.4, -0.2) is 28.0 Å². The number of non-ortho nitro benzene ring substituents is 1. The van der Waals surface area contributed by atoms with Crippen LogP contribution in [0.3, 0.4) is 0 Å². The molecular formula is C10H12N3O9P. The summed E-state index contributed by atoms with van der Waals surface area (Å²) in [6.45, 7) is 2.41. The minimum atomic E-state index is -4.41. The molecule has 23 heavy (non-hydrogen) atoms. The Morgan fingerprint density at radius 3 is 1.57 bits per heavy atom. The van der Waals surface area contributed by atoms with Gasteiger partial charge in [-0.15, -0.1) is 0 Å². The third-order valence-corrected chi connectivity index (χ3v) is 4.73. The maximum atomic E-state index is 12.7. The smallest absolute Gasteiger partial charge is 0.305 e. The monoisotopic (exact) mass is 349 g/mol. The van der Waals surface area contributed by atoms with Gasteiger partial charge in [0.25, 0.3) is 17.1 Å². The van der Waals surface area contributed by atoms with Gasteiger partial charge in [-0.1, -0.05) is 0 Å². The zero-order valence-electron chi connectivity index (χ0n) is 12.0. The predicted octanol–water partition coefficient (Wildman–Crippen LogP) is 2.30. The molecule has 0 aliphatic rings. The molecule has 0 amide bonds. The SMILES string of the molecule is CCOP(=O)(OCC)c1c([N+](=O)[O-])cc([N+](=O)[O-])cc1[N+](=O)[O-]. The van der Waals surface area contributed by atoms with E-state index in [0.717, 1.165) is 0 Å². The second-order valence-corrected chi connectivity index (χ2v) is 5.90. The van der Waals surface area contributed by atoms with Crippen LogP contribution in [0.25, 0.3) is 0 Å². The van der Waals surface area contributed by atoms with Gasteiger partial charge < -0.3 is 9.05 Å². The van der Waals surface area contributed by atoms with Crippen LogP contribution < -0.4 is 5.30 Å². The Balaban J connectivity index is 3.86. The molecule has 0 N–H and O–H groups in total. The molecule has 0 unspecified atom stereocenters. The van der Waals surface area contributed by atoms with E-state index in [4.69, 9.17) is 9.05 Å². The summed E-state index contributed by atoms with van der Waals surface area (Å²) in [7, 11) is -4.41. The molecule has 0 aromatic heterocycles. The Kier molecular flexibility index (Phi) is 5.85. The third-order valence-electron chi connectivity index (χ3n) is 2.53. The lowest BCUT2D eigenvalue weighted by Gasteiger charge is -2.16. The van der Waals surface area contributed by atoms with E-state index >= 15 is 0 Å². The Bertz CT molecular complexity index is 660. The number of hydrogen-bond donors (Lipinski definition) is 0. The highest BCUT2D eigenvalue weighted by Crippen LogP contribution is 2.52. The second kappa shape index (κ2) is 7.22. The summed E-state index contributed by atoms with van der Waals surface area (Å²) >= 11 is 0. The average molecular weight is 349 g/mol. The largest absolute Gasteiger partial charge is 0.375 e. The number of hydrogen-bond acceptors (Lipinski definition) is 9.